The van der Waals surface area contributed by atoms with Crippen LogP contribution in [0.3, 0.4) is 0 Å². The molecule has 3 heteroatoms. The standard InChI is InChI=1S/C11H17FN2/c1-3-8(4-2)11(13)9-5-6-14-7-10(9)12/h5-8,11H,3-4,13H2,1-2H3. The fraction of sp³-hybridized carbons (Fsp3) is 0.545. The van der Waals surface area contributed by atoms with Crippen LogP contribution in [-0.4, -0.2) is 4.98 Å². The number of hydrogen-bond donors (Lipinski definition) is 1. The first-order chi connectivity index (χ1) is 6.70. The molecule has 2 N–H and O–H groups in total. The number of aromatic nitrogens is 1. The number of halogens is 1. The fourth-order valence-electron chi connectivity index (χ4n) is 1.71. The summed E-state index contributed by atoms with van der Waals surface area (Å²) in [5, 5.41) is 0. The second-order valence-electron chi connectivity index (χ2n) is 3.50. The molecule has 1 atom stereocenters. The van der Waals surface area contributed by atoms with Gasteiger partial charge in [-0.1, -0.05) is 26.7 Å². The maximum Gasteiger partial charge on any atom is 0.146 e. The van der Waals surface area contributed by atoms with Crippen LogP contribution in [-0.2, 0) is 0 Å². The van der Waals surface area contributed by atoms with Gasteiger partial charge < -0.3 is 5.73 Å². The number of nitrogens with zero attached hydrogens (tertiary/aromatic N) is 1. The van der Waals surface area contributed by atoms with E-state index in [0.717, 1.165) is 12.8 Å². The average Bonchev–Trinajstić information content (AvgIpc) is 2.20. The van der Waals surface area contributed by atoms with Crippen molar-refractivity contribution < 1.29 is 4.39 Å². The van der Waals surface area contributed by atoms with Gasteiger partial charge in [0.2, 0.25) is 0 Å². The van der Waals surface area contributed by atoms with E-state index in [4.69, 9.17) is 5.73 Å². The number of hydrogen-bond acceptors (Lipinski definition) is 2. The highest BCUT2D eigenvalue weighted by Crippen LogP contribution is 2.25. The van der Waals surface area contributed by atoms with Gasteiger partial charge in [-0.25, -0.2) is 4.39 Å². The van der Waals surface area contributed by atoms with Crippen molar-refractivity contribution in [3.63, 3.8) is 0 Å². The second kappa shape index (κ2) is 5.05. The maximum absolute atomic E-state index is 13.3. The van der Waals surface area contributed by atoms with Crippen LogP contribution in [0.15, 0.2) is 18.5 Å². The van der Waals surface area contributed by atoms with Gasteiger partial charge in [0.15, 0.2) is 0 Å². The predicted octanol–water partition coefficient (Wildman–Crippen LogP) is 2.66. The minimum Gasteiger partial charge on any atom is -0.324 e. The first kappa shape index (κ1) is 11.1. The summed E-state index contributed by atoms with van der Waals surface area (Å²) < 4.78 is 13.3. The van der Waals surface area contributed by atoms with Crippen LogP contribution in [0.4, 0.5) is 4.39 Å². The Kier molecular flexibility index (Phi) is 4.01. The lowest BCUT2D eigenvalue weighted by Gasteiger charge is -2.21. The van der Waals surface area contributed by atoms with E-state index < -0.39 is 0 Å². The maximum atomic E-state index is 13.3. The van der Waals surface area contributed by atoms with Crippen LogP contribution in [0, 0.1) is 11.7 Å². The monoisotopic (exact) mass is 196 g/mol. The molecule has 0 saturated heterocycles. The molecular formula is C11H17FN2. The summed E-state index contributed by atoms with van der Waals surface area (Å²) in [6.07, 6.45) is 4.75. The van der Waals surface area contributed by atoms with E-state index in [0.29, 0.717) is 11.5 Å². The van der Waals surface area contributed by atoms with Gasteiger partial charge in [-0.2, -0.15) is 0 Å². The van der Waals surface area contributed by atoms with E-state index in [1.54, 1.807) is 12.3 Å². The van der Waals surface area contributed by atoms with Crippen LogP contribution < -0.4 is 5.73 Å². The number of rotatable bonds is 4. The van der Waals surface area contributed by atoms with E-state index in [1.807, 2.05) is 0 Å². The lowest BCUT2D eigenvalue weighted by atomic mass is 9.90. The molecule has 1 aromatic heterocycles. The van der Waals surface area contributed by atoms with Gasteiger partial charge in [-0.05, 0) is 12.0 Å². The summed E-state index contributed by atoms with van der Waals surface area (Å²) in [5.74, 6) is 0.0406. The first-order valence-electron chi connectivity index (χ1n) is 5.05. The molecule has 0 radical (unpaired) electrons. The topological polar surface area (TPSA) is 38.9 Å². The molecule has 0 spiro atoms. The Morgan fingerprint density at radius 2 is 2.07 bits per heavy atom. The summed E-state index contributed by atoms with van der Waals surface area (Å²) in [4.78, 5) is 3.71. The molecule has 0 aromatic carbocycles. The summed E-state index contributed by atoms with van der Waals surface area (Å²) in [5.41, 5.74) is 6.57. The van der Waals surface area contributed by atoms with Gasteiger partial charge in [-0.15, -0.1) is 0 Å². The molecule has 78 valence electrons. The minimum absolute atomic E-state index is 0.215. The van der Waals surface area contributed by atoms with E-state index in [1.165, 1.54) is 6.20 Å². The van der Waals surface area contributed by atoms with Crippen molar-refractivity contribution in [2.45, 2.75) is 32.7 Å². The molecule has 0 aliphatic heterocycles. The van der Waals surface area contributed by atoms with Crippen LogP contribution in [0.1, 0.15) is 38.3 Å². The summed E-state index contributed by atoms with van der Waals surface area (Å²) in [6, 6.07) is 1.45. The molecular weight excluding hydrogens is 179 g/mol. The van der Waals surface area contributed by atoms with Gasteiger partial charge in [-0.3, -0.25) is 4.98 Å². The summed E-state index contributed by atoms with van der Waals surface area (Å²) in [6.45, 7) is 4.15. The van der Waals surface area contributed by atoms with Gasteiger partial charge in [0.05, 0.1) is 6.20 Å². The molecule has 0 bridgehead atoms. The second-order valence-corrected chi connectivity index (χ2v) is 3.50. The van der Waals surface area contributed by atoms with Gasteiger partial charge in [0.25, 0.3) is 0 Å². The molecule has 0 amide bonds. The molecule has 1 unspecified atom stereocenters. The number of pyridine rings is 1. The highest BCUT2D eigenvalue weighted by atomic mass is 19.1. The Morgan fingerprint density at radius 1 is 1.43 bits per heavy atom. The SMILES string of the molecule is CCC(CC)C(N)c1ccncc1F. The Bertz CT molecular complexity index is 284. The molecule has 2 nitrogen and oxygen atoms in total. The lowest BCUT2D eigenvalue weighted by molar-refractivity contribution is 0.393. The zero-order chi connectivity index (χ0) is 10.6. The van der Waals surface area contributed by atoms with Crippen molar-refractivity contribution in [2.24, 2.45) is 11.7 Å². The van der Waals surface area contributed by atoms with Gasteiger partial charge in [0, 0.05) is 17.8 Å². The van der Waals surface area contributed by atoms with E-state index >= 15 is 0 Å². The van der Waals surface area contributed by atoms with E-state index in [-0.39, 0.29) is 11.9 Å². The van der Waals surface area contributed by atoms with Crippen molar-refractivity contribution in [3.05, 3.63) is 29.8 Å². The van der Waals surface area contributed by atoms with Crippen LogP contribution >= 0.6 is 0 Å². The molecule has 0 aliphatic rings. The number of nitrogens with two attached hydrogens (primary N) is 1. The van der Waals surface area contributed by atoms with Crippen molar-refractivity contribution in [1.29, 1.82) is 0 Å². The highest BCUT2D eigenvalue weighted by Gasteiger charge is 2.18. The molecule has 14 heavy (non-hydrogen) atoms. The Labute approximate surface area is 84.3 Å². The van der Waals surface area contributed by atoms with Crippen LogP contribution in [0.5, 0.6) is 0 Å². The molecule has 0 aliphatic carbocycles. The predicted molar refractivity (Wildman–Crippen MR) is 55.2 cm³/mol. The van der Waals surface area contributed by atoms with Gasteiger partial charge in [0.1, 0.15) is 5.82 Å². The van der Waals surface area contributed by atoms with Crippen molar-refractivity contribution >= 4 is 0 Å². The van der Waals surface area contributed by atoms with E-state index in [2.05, 4.69) is 18.8 Å². The van der Waals surface area contributed by atoms with Crippen LogP contribution in [0.25, 0.3) is 0 Å². The van der Waals surface area contributed by atoms with Crippen molar-refractivity contribution in [1.82, 2.24) is 4.98 Å². The van der Waals surface area contributed by atoms with Crippen LogP contribution in [0.2, 0.25) is 0 Å². The van der Waals surface area contributed by atoms with Crippen molar-refractivity contribution in [2.75, 3.05) is 0 Å². The molecule has 1 rings (SSSR count). The third-order valence-corrected chi connectivity index (χ3v) is 2.72. The first-order valence-corrected chi connectivity index (χ1v) is 5.05. The zero-order valence-electron chi connectivity index (χ0n) is 8.70. The molecule has 1 heterocycles. The highest BCUT2D eigenvalue weighted by molar-refractivity contribution is 5.17. The Morgan fingerprint density at radius 3 is 2.57 bits per heavy atom. The smallest absolute Gasteiger partial charge is 0.146 e. The summed E-state index contributed by atoms with van der Waals surface area (Å²) in [7, 11) is 0. The normalized spacial score (nSPS) is 13.2. The summed E-state index contributed by atoms with van der Waals surface area (Å²) >= 11 is 0. The van der Waals surface area contributed by atoms with E-state index in [9.17, 15) is 4.39 Å². The average molecular weight is 196 g/mol. The quantitative estimate of drug-likeness (QED) is 0.804. The molecule has 1 aromatic rings. The largest absolute Gasteiger partial charge is 0.324 e. The third-order valence-electron chi connectivity index (χ3n) is 2.72. The fourth-order valence-corrected chi connectivity index (χ4v) is 1.71. The van der Waals surface area contributed by atoms with Gasteiger partial charge >= 0.3 is 0 Å². The zero-order valence-corrected chi connectivity index (χ0v) is 8.70. The Balaban J connectivity index is 2.88. The minimum atomic E-state index is -0.299. The van der Waals surface area contributed by atoms with Crippen molar-refractivity contribution in [3.8, 4) is 0 Å². The Hall–Kier alpha value is -0.960. The third kappa shape index (κ3) is 2.29. The molecule has 0 saturated carbocycles. The molecule has 0 fully saturated rings. The lowest BCUT2D eigenvalue weighted by Crippen LogP contribution is -2.21.